The van der Waals surface area contributed by atoms with Gasteiger partial charge in [-0.2, -0.15) is 0 Å². The molecule has 1 aromatic rings. The summed E-state index contributed by atoms with van der Waals surface area (Å²) in [6.45, 7) is 0. The number of carbonyl (C=O) groups excluding carboxylic acids is 1. The zero-order chi connectivity index (χ0) is 10.6. The lowest BCUT2D eigenvalue weighted by Crippen LogP contribution is -2.44. The average molecular weight is 230 g/mol. The molecular weight excluding hydrogens is 222 g/mol. The number of hydrogen-bond donors (Lipinski definition) is 3. The molecule has 6 heteroatoms. The molecule has 0 saturated heterocycles. The Morgan fingerprint density at radius 2 is 1.86 bits per heavy atom. The van der Waals surface area contributed by atoms with Crippen molar-refractivity contribution >= 4 is 34.8 Å². The summed E-state index contributed by atoms with van der Waals surface area (Å²) < 4.78 is 0. The van der Waals surface area contributed by atoms with Gasteiger partial charge in [0.25, 0.3) is 0 Å². The van der Waals surface area contributed by atoms with Gasteiger partial charge in [-0.25, -0.2) is 4.79 Å². The van der Waals surface area contributed by atoms with E-state index in [1.165, 1.54) is 0 Å². The fourth-order valence-electron chi connectivity index (χ4n) is 0.792. The third-order valence-electron chi connectivity index (χ3n) is 1.41. The van der Waals surface area contributed by atoms with E-state index in [1.54, 1.807) is 24.3 Å². The Labute approximate surface area is 91.4 Å². The van der Waals surface area contributed by atoms with Crippen LogP contribution in [0.15, 0.2) is 24.3 Å². The van der Waals surface area contributed by atoms with Crippen LogP contribution in [0.25, 0.3) is 0 Å². The van der Waals surface area contributed by atoms with E-state index >= 15 is 0 Å². The lowest BCUT2D eigenvalue weighted by Gasteiger charge is -2.07. The van der Waals surface area contributed by atoms with Crippen molar-refractivity contribution in [2.24, 2.45) is 5.73 Å². The summed E-state index contributed by atoms with van der Waals surface area (Å²) in [5.74, 6) is 0. The fraction of sp³-hybridized carbons (Fsp3) is 0. The summed E-state index contributed by atoms with van der Waals surface area (Å²) >= 11 is 10.6. The van der Waals surface area contributed by atoms with Gasteiger partial charge in [0.1, 0.15) is 4.99 Å². The predicted octanol–water partition coefficient (Wildman–Crippen LogP) is 1.19. The molecule has 4 N–H and O–H groups in total. The van der Waals surface area contributed by atoms with Gasteiger partial charge >= 0.3 is 6.03 Å². The van der Waals surface area contributed by atoms with Crippen LogP contribution in [0.2, 0.25) is 5.02 Å². The third kappa shape index (κ3) is 3.20. The third-order valence-corrected chi connectivity index (χ3v) is 2.00. The molecule has 1 aromatic carbocycles. The Morgan fingerprint density at radius 3 is 2.36 bits per heavy atom. The van der Waals surface area contributed by atoms with Gasteiger partial charge < -0.3 is 5.73 Å². The Hall–Kier alpha value is -1.33. The number of benzene rings is 1. The molecule has 14 heavy (non-hydrogen) atoms. The molecule has 0 saturated carbocycles. The fourth-order valence-corrected chi connectivity index (χ4v) is 1.10. The second kappa shape index (κ2) is 4.78. The highest BCUT2D eigenvalue weighted by atomic mass is 35.5. The molecular formula is C8H8ClN3OS. The molecule has 0 heterocycles. The zero-order valence-corrected chi connectivity index (χ0v) is 8.65. The van der Waals surface area contributed by atoms with E-state index in [-0.39, 0.29) is 0 Å². The van der Waals surface area contributed by atoms with Crippen LogP contribution in [0.1, 0.15) is 5.56 Å². The maximum atomic E-state index is 10.4. The molecule has 0 unspecified atom stereocenters. The van der Waals surface area contributed by atoms with E-state index in [9.17, 15) is 4.79 Å². The van der Waals surface area contributed by atoms with Crippen molar-refractivity contribution in [1.82, 2.24) is 10.9 Å². The van der Waals surface area contributed by atoms with E-state index in [4.69, 9.17) is 29.6 Å². The molecule has 74 valence electrons. The zero-order valence-electron chi connectivity index (χ0n) is 7.08. The number of hydrazine groups is 1. The maximum Gasteiger partial charge on any atom is 0.330 e. The van der Waals surface area contributed by atoms with Crippen molar-refractivity contribution < 1.29 is 4.79 Å². The van der Waals surface area contributed by atoms with Gasteiger partial charge in [-0.15, -0.1) is 0 Å². The number of thiocarbonyl (C=S) groups is 1. The summed E-state index contributed by atoms with van der Waals surface area (Å²) in [6, 6.07) is 6.19. The van der Waals surface area contributed by atoms with E-state index in [0.717, 1.165) is 5.56 Å². The first kappa shape index (κ1) is 10.7. The first-order chi connectivity index (χ1) is 6.59. The Balaban J connectivity index is 2.61. The van der Waals surface area contributed by atoms with Gasteiger partial charge in [-0.3, -0.25) is 10.9 Å². The highest BCUT2D eigenvalue weighted by Crippen LogP contribution is 2.09. The van der Waals surface area contributed by atoms with E-state index < -0.39 is 6.03 Å². The normalized spacial score (nSPS) is 9.21. The van der Waals surface area contributed by atoms with E-state index in [1.807, 2.05) is 0 Å². The van der Waals surface area contributed by atoms with Crippen molar-refractivity contribution in [2.75, 3.05) is 0 Å². The second-order valence-corrected chi connectivity index (χ2v) is 3.29. The molecule has 0 aromatic heterocycles. The van der Waals surface area contributed by atoms with Crippen molar-refractivity contribution in [1.29, 1.82) is 0 Å². The van der Waals surface area contributed by atoms with Crippen molar-refractivity contribution in [3.8, 4) is 0 Å². The lowest BCUT2D eigenvalue weighted by molar-refractivity contribution is 0.247. The molecule has 2 amide bonds. The SMILES string of the molecule is NC(=O)NNC(=S)c1ccc(Cl)cc1. The average Bonchev–Trinajstić information content (AvgIpc) is 2.15. The monoisotopic (exact) mass is 229 g/mol. The van der Waals surface area contributed by atoms with E-state index in [0.29, 0.717) is 10.0 Å². The number of primary amides is 1. The quantitative estimate of drug-likeness (QED) is 0.501. The van der Waals surface area contributed by atoms with Gasteiger partial charge in [-0.05, 0) is 12.1 Å². The smallest absolute Gasteiger partial charge is 0.330 e. The van der Waals surface area contributed by atoms with Gasteiger partial charge in [0.15, 0.2) is 0 Å². The summed E-state index contributed by atoms with van der Waals surface area (Å²) in [4.78, 5) is 10.7. The minimum Gasteiger partial charge on any atom is -0.350 e. The maximum absolute atomic E-state index is 10.4. The number of carbonyl (C=O) groups is 1. The van der Waals surface area contributed by atoms with Gasteiger partial charge in [0.2, 0.25) is 0 Å². The first-order valence-electron chi connectivity index (χ1n) is 3.71. The number of nitrogens with one attached hydrogen (secondary N) is 2. The molecule has 0 spiro atoms. The van der Waals surface area contributed by atoms with Crippen molar-refractivity contribution in [3.63, 3.8) is 0 Å². The minimum absolute atomic E-state index is 0.375. The molecule has 0 aliphatic rings. The molecule has 0 atom stereocenters. The summed E-state index contributed by atoms with van der Waals surface area (Å²) in [5.41, 5.74) is 10.3. The number of rotatable bonds is 1. The molecule has 0 fully saturated rings. The highest BCUT2D eigenvalue weighted by molar-refractivity contribution is 7.80. The van der Waals surface area contributed by atoms with Crippen LogP contribution in [0, 0.1) is 0 Å². The number of nitrogens with two attached hydrogens (primary N) is 1. The van der Waals surface area contributed by atoms with Crippen LogP contribution in [0.4, 0.5) is 4.79 Å². The van der Waals surface area contributed by atoms with Crippen LogP contribution in [0.3, 0.4) is 0 Å². The van der Waals surface area contributed by atoms with Crippen LogP contribution in [-0.4, -0.2) is 11.0 Å². The summed E-state index contributed by atoms with van der Waals surface area (Å²) in [5, 5.41) is 0.624. The second-order valence-electron chi connectivity index (χ2n) is 2.45. The van der Waals surface area contributed by atoms with Crippen LogP contribution >= 0.6 is 23.8 Å². The van der Waals surface area contributed by atoms with Gasteiger partial charge in [0, 0.05) is 10.6 Å². The van der Waals surface area contributed by atoms with Crippen molar-refractivity contribution in [3.05, 3.63) is 34.9 Å². The first-order valence-corrected chi connectivity index (χ1v) is 4.49. The number of urea groups is 1. The highest BCUT2D eigenvalue weighted by Gasteiger charge is 2.00. The number of hydrogen-bond acceptors (Lipinski definition) is 2. The van der Waals surface area contributed by atoms with E-state index in [2.05, 4.69) is 10.9 Å². The van der Waals surface area contributed by atoms with Crippen LogP contribution < -0.4 is 16.6 Å². The van der Waals surface area contributed by atoms with Gasteiger partial charge in [-0.1, -0.05) is 36.0 Å². The molecule has 0 bridgehead atoms. The topological polar surface area (TPSA) is 67.2 Å². The Morgan fingerprint density at radius 1 is 1.29 bits per heavy atom. The Bertz CT molecular complexity index is 352. The molecule has 1 rings (SSSR count). The summed E-state index contributed by atoms with van der Waals surface area (Å²) in [7, 11) is 0. The summed E-state index contributed by atoms with van der Waals surface area (Å²) in [6.07, 6.45) is 0. The molecule has 0 radical (unpaired) electrons. The van der Waals surface area contributed by atoms with Crippen LogP contribution in [0.5, 0.6) is 0 Å². The number of amides is 2. The lowest BCUT2D eigenvalue weighted by atomic mass is 10.2. The molecule has 0 aliphatic heterocycles. The van der Waals surface area contributed by atoms with Crippen LogP contribution in [-0.2, 0) is 0 Å². The largest absolute Gasteiger partial charge is 0.350 e. The predicted molar refractivity (Wildman–Crippen MR) is 59.0 cm³/mol. The standard InChI is InChI=1S/C8H8ClN3OS/c9-6-3-1-5(2-4-6)7(14)11-12-8(10)13/h1-4H,(H,11,14)(H3,10,12,13). The van der Waals surface area contributed by atoms with Gasteiger partial charge in [0.05, 0.1) is 0 Å². The molecule has 4 nitrogen and oxygen atoms in total. The minimum atomic E-state index is -0.693. The Kier molecular flexibility index (Phi) is 3.67. The molecule has 0 aliphatic carbocycles. The van der Waals surface area contributed by atoms with Crippen molar-refractivity contribution in [2.45, 2.75) is 0 Å². The number of halogens is 1.